The van der Waals surface area contributed by atoms with Crippen molar-refractivity contribution in [2.75, 3.05) is 5.32 Å². The topological polar surface area (TPSA) is 77.6 Å². The zero-order valence-electron chi connectivity index (χ0n) is 15.3. The van der Waals surface area contributed by atoms with Gasteiger partial charge in [0.1, 0.15) is 12.1 Å². The number of aryl methyl sites for hydroxylation is 1. The molecule has 1 unspecified atom stereocenters. The highest BCUT2D eigenvalue weighted by atomic mass is 35.5. The fourth-order valence-electron chi connectivity index (χ4n) is 2.63. The third kappa shape index (κ3) is 4.51. The number of hydrogen-bond acceptors (Lipinski definition) is 4. The predicted molar refractivity (Wildman–Crippen MR) is 100 cm³/mol. The Labute approximate surface area is 161 Å². The highest BCUT2D eigenvalue weighted by molar-refractivity contribution is 6.31. The number of hydrogen-bond donors (Lipinski definition) is 1. The highest BCUT2D eigenvalue weighted by Gasteiger charge is 2.18. The molecule has 1 N–H and O–H groups in total. The molecule has 0 aliphatic heterocycles. The average molecular weight is 391 g/mol. The SMILES string of the molecule is Cc1nn(CC(C)C(=O)Nc2ncn(Cc3ccc(F)cc3)n2)c(C)c1Cl. The summed E-state index contributed by atoms with van der Waals surface area (Å²) in [5.74, 6) is -0.620. The smallest absolute Gasteiger partial charge is 0.248 e. The maximum atomic E-state index is 13.0. The molecule has 9 heteroatoms. The van der Waals surface area contributed by atoms with Gasteiger partial charge in [-0.3, -0.25) is 14.8 Å². The molecule has 3 rings (SSSR count). The minimum atomic E-state index is -0.344. The second-order valence-electron chi connectivity index (χ2n) is 6.45. The third-order valence-electron chi connectivity index (χ3n) is 4.22. The van der Waals surface area contributed by atoms with Gasteiger partial charge in [0, 0.05) is 0 Å². The van der Waals surface area contributed by atoms with Crippen molar-refractivity contribution >= 4 is 23.5 Å². The molecule has 0 aliphatic rings. The second kappa shape index (κ2) is 7.87. The molecule has 1 atom stereocenters. The Morgan fingerprint density at radius 1 is 1.26 bits per heavy atom. The van der Waals surface area contributed by atoms with Gasteiger partial charge in [0.15, 0.2) is 0 Å². The van der Waals surface area contributed by atoms with Gasteiger partial charge in [-0.05, 0) is 31.5 Å². The van der Waals surface area contributed by atoms with Crippen LogP contribution in [0, 0.1) is 25.6 Å². The van der Waals surface area contributed by atoms with E-state index in [9.17, 15) is 9.18 Å². The van der Waals surface area contributed by atoms with E-state index in [4.69, 9.17) is 11.6 Å². The van der Waals surface area contributed by atoms with Gasteiger partial charge in [-0.25, -0.2) is 14.1 Å². The van der Waals surface area contributed by atoms with Crippen molar-refractivity contribution in [2.24, 2.45) is 5.92 Å². The summed E-state index contributed by atoms with van der Waals surface area (Å²) in [7, 11) is 0. The number of nitrogens with zero attached hydrogens (tertiary/aromatic N) is 5. The Morgan fingerprint density at radius 3 is 2.59 bits per heavy atom. The number of carbonyl (C=O) groups is 1. The Morgan fingerprint density at radius 2 is 1.96 bits per heavy atom. The first kappa shape index (κ1) is 19.0. The Balaban J connectivity index is 1.59. The van der Waals surface area contributed by atoms with Crippen molar-refractivity contribution in [3.05, 3.63) is 58.4 Å². The van der Waals surface area contributed by atoms with Gasteiger partial charge < -0.3 is 0 Å². The van der Waals surface area contributed by atoms with Crippen molar-refractivity contribution in [3.63, 3.8) is 0 Å². The van der Waals surface area contributed by atoms with E-state index < -0.39 is 0 Å². The van der Waals surface area contributed by atoms with Crippen molar-refractivity contribution in [2.45, 2.75) is 33.9 Å². The summed E-state index contributed by atoms with van der Waals surface area (Å²) in [6.45, 7) is 6.33. The quantitative estimate of drug-likeness (QED) is 0.701. The lowest BCUT2D eigenvalue weighted by Crippen LogP contribution is -2.26. The highest BCUT2D eigenvalue weighted by Crippen LogP contribution is 2.20. The van der Waals surface area contributed by atoms with E-state index in [-0.39, 0.29) is 23.6 Å². The van der Waals surface area contributed by atoms with E-state index in [1.807, 2.05) is 13.8 Å². The molecule has 7 nitrogen and oxygen atoms in total. The summed E-state index contributed by atoms with van der Waals surface area (Å²) < 4.78 is 16.3. The Hall–Kier alpha value is -2.74. The lowest BCUT2D eigenvalue weighted by molar-refractivity contribution is -0.119. The molecule has 1 amide bonds. The van der Waals surface area contributed by atoms with Crippen LogP contribution in [0.3, 0.4) is 0 Å². The largest absolute Gasteiger partial charge is 0.293 e. The first-order valence-electron chi connectivity index (χ1n) is 8.47. The minimum Gasteiger partial charge on any atom is -0.293 e. The number of rotatable bonds is 6. The summed E-state index contributed by atoms with van der Waals surface area (Å²) in [5.41, 5.74) is 2.45. The van der Waals surface area contributed by atoms with Crippen LogP contribution in [0.2, 0.25) is 5.02 Å². The normalized spacial score (nSPS) is 12.2. The number of nitrogens with one attached hydrogen (secondary N) is 1. The lowest BCUT2D eigenvalue weighted by atomic mass is 10.1. The molecule has 0 fully saturated rings. The summed E-state index contributed by atoms with van der Waals surface area (Å²) >= 11 is 6.14. The molecule has 0 radical (unpaired) electrons. The first-order valence-corrected chi connectivity index (χ1v) is 8.85. The van der Waals surface area contributed by atoms with Gasteiger partial charge in [-0.1, -0.05) is 30.7 Å². The maximum Gasteiger partial charge on any atom is 0.248 e. The summed E-state index contributed by atoms with van der Waals surface area (Å²) in [5, 5.41) is 11.9. The summed E-state index contributed by atoms with van der Waals surface area (Å²) in [4.78, 5) is 16.5. The molecule has 0 saturated heterocycles. The van der Waals surface area contributed by atoms with Crippen LogP contribution in [0.15, 0.2) is 30.6 Å². The van der Waals surface area contributed by atoms with Crippen LogP contribution in [0.25, 0.3) is 0 Å². The van der Waals surface area contributed by atoms with E-state index in [0.717, 1.165) is 17.0 Å². The van der Waals surface area contributed by atoms with Gasteiger partial charge in [-0.15, -0.1) is 5.10 Å². The molecule has 2 aromatic heterocycles. The number of carbonyl (C=O) groups excluding carboxylic acids is 1. The van der Waals surface area contributed by atoms with Crippen molar-refractivity contribution < 1.29 is 9.18 Å². The maximum absolute atomic E-state index is 13.0. The van der Waals surface area contributed by atoms with Crippen LogP contribution < -0.4 is 5.32 Å². The van der Waals surface area contributed by atoms with Crippen LogP contribution >= 0.6 is 11.6 Å². The van der Waals surface area contributed by atoms with Crippen molar-refractivity contribution in [1.82, 2.24) is 24.5 Å². The molecule has 0 saturated carbocycles. The standard InChI is InChI=1S/C18H20ClFN6O/c1-11(8-26-13(3)16(19)12(2)23-26)17(27)22-18-21-10-25(24-18)9-14-4-6-15(20)7-5-14/h4-7,10-11H,8-9H2,1-3H3,(H,22,24,27). The molecule has 0 bridgehead atoms. The molecule has 142 valence electrons. The van der Waals surface area contributed by atoms with Gasteiger partial charge in [-0.2, -0.15) is 5.10 Å². The molecule has 3 aromatic rings. The van der Waals surface area contributed by atoms with Crippen LogP contribution in [-0.4, -0.2) is 30.5 Å². The van der Waals surface area contributed by atoms with E-state index in [0.29, 0.717) is 18.1 Å². The van der Waals surface area contributed by atoms with Crippen molar-refractivity contribution in [1.29, 1.82) is 0 Å². The summed E-state index contributed by atoms with van der Waals surface area (Å²) in [6, 6.07) is 6.14. The lowest BCUT2D eigenvalue weighted by Gasteiger charge is -2.11. The molecule has 1 aromatic carbocycles. The van der Waals surface area contributed by atoms with Gasteiger partial charge in [0.25, 0.3) is 0 Å². The van der Waals surface area contributed by atoms with Crippen LogP contribution in [0.5, 0.6) is 0 Å². The Kier molecular flexibility index (Phi) is 5.55. The van der Waals surface area contributed by atoms with Gasteiger partial charge in [0.05, 0.1) is 35.4 Å². The number of halogens is 2. The van der Waals surface area contributed by atoms with Gasteiger partial charge >= 0.3 is 0 Å². The monoisotopic (exact) mass is 390 g/mol. The number of anilines is 1. The van der Waals surface area contributed by atoms with E-state index in [1.54, 1.807) is 28.4 Å². The zero-order chi connectivity index (χ0) is 19.6. The number of amides is 1. The molecule has 27 heavy (non-hydrogen) atoms. The van der Waals surface area contributed by atoms with E-state index in [1.165, 1.54) is 18.5 Å². The molecule has 2 heterocycles. The van der Waals surface area contributed by atoms with Crippen LogP contribution in [0.1, 0.15) is 23.9 Å². The fraction of sp³-hybridized carbons (Fsp3) is 0.333. The zero-order valence-corrected chi connectivity index (χ0v) is 16.0. The fourth-order valence-corrected chi connectivity index (χ4v) is 2.77. The van der Waals surface area contributed by atoms with Crippen molar-refractivity contribution in [3.8, 4) is 0 Å². The van der Waals surface area contributed by atoms with Crippen LogP contribution in [-0.2, 0) is 17.9 Å². The predicted octanol–water partition coefficient (Wildman–Crippen LogP) is 3.21. The molecular formula is C18H20ClFN6O. The number of benzene rings is 1. The van der Waals surface area contributed by atoms with E-state index >= 15 is 0 Å². The first-order chi connectivity index (χ1) is 12.8. The van der Waals surface area contributed by atoms with E-state index in [2.05, 4.69) is 20.5 Å². The molecular weight excluding hydrogens is 371 g/mol. The summed E-state index contributed by atoms with van der Waals surface area (Å²) in [6.07, 6.45) is 1.52. The van der Waals surface area contributed by atoms with Gasteiger partial charge in [0.2, 0.25) is 11.9 Å². The number of aromatic nitrogens is 5. The van der Waals surface area contributed by atoms with Crippen LogP contribution in [0.4, 0.5) is 10.3 Å². The molecule has 0 aliphatic carbocycles. The average Bonchev–Trinajstić information content (AvgIpc) is 3.17. The Bertz CT molecular complexity index is 949. The minimum absolute atomic E-state index is 0.210. The third-order valence-corrected chi connectivity index (χ3v) is 4.76. The second-order valence-corrected chi connectivity index (χ2v) is 6.83. The molecule has 0 spiro atoms.